The van der Waals surface area contributed by atoms with Crippen LogP contribution in [0.4, 0.5) is 26.4 Å². The average molecular weight is 578 g/mol. The number of pyridine rings is 1. The third kappa shape index (κ3) is 6.44. The number of amides is 2. The van der Waals surface area contributed by atoms with Crippen molar-refractivity contribution in [2.45, 2.75) is 25.3 Å². The van der Waals surface area contributed by atoms with Gasteiger partial charge in [-0.3, -0.25) is 14.9 Å². The summed E-state index contributed by atoms with van der Waals surface area (Å²) in [6.45, 7) is 0. The molecule has 0 spiro atoms. The van der Waals surface area contributed by atoms with Crippen molar-refractivity contribution in [1.82, 2.24) is 20.0 Å². The Morgan fingerprint density at radius 1 is 1.17 bits per heavy atom. The van der Waals surface area contributed by atoms with Crippen molar-refractivity contribution in [2.75, 3.05) is 23.1 Å². The number of carbonyl (C=O) groups is 2. The van der Waals surface area contributed by atoms with E-state index >= 15 is 0 Å². The van der Waals surface area contributed by atoms with E-state index in [0.717, 1.165) is 0 Å². The molecule has 0 aliphatic carbocycles. The van der Waals surface area contributed by atoms with Crippen LogP contribution < -0.4 is 21.5 Å². The van der Waals surface area contributed by atoms with Gasteiger partial charge in [-0.15, -0.1) is 5.10 Å². The molecule has 1 aliphatic heterocycles. The summed E-state index contributed by atoms with van der Waals surface area (Å²) in [4.78, 5) is 40.1. The number of anilines is 3. The van der Waals surface area contributed by atoms with Gasteiger partial charge in [-0.1, -0.05) is 41.1 Å². The number of methoxy groups -OCH3 is 1. The van der Waals surface area contributed by atoms with Crippen molar-refractivity contribution >= 4 is 40.8 Å². The molecule has 2 aromatic carbocycles. The number of halogens is 2. The van der Waals surface area contributed by atoms with E-state index in [1.165, 1.54) is 36.2 Å². The Hall–Kier alpha value is -4.97. The maximum atomic E-state index is 14.5. The molecule has 0 unspecified atom stereocenters. The second-order valence-corrected chi connectivity index (χ2v) is 9.58. The molecule has 2 bridgehead atoms. The third-order valence-electron chi connectivity index (χ3n) is 6.35. The molecule has 11 nitrogen and oxygen atoms in total. The fraction of sp³-hybridized carbons (Fsp3) is 0.179. The quantitative estimate of drug-likeness (QED) is 0.237. The first-order valence-electron chi connectivity index (χ1n) is 12.6. The number of rotatable bonds is 4. The highest BCUT2D eigenvalue weighted by molar-refractivity contribution is 6.30. The zero-order chi connectivity index (χ0) is 28.9. The van der Waals surface area contributed by atoms with Crippen molar-refractivity contribution < 1.29 is 18.7 Å². The summed E-state index contributed by atoms with van der Waals surface area (Å²) < 4.78 is 20.5. The first-order valence-corrected chi connectivity index (χ1v) is 13.0. The van der Waals surface area contributed by atoms with Crippen molar-refractivity contribution in [3.8, 4) is 16.8 Å². The average Bonchev–Trinajstić information content (AvgIpc) is 3.41. The minimum absolute atomic E-state index is 0.0382. The first-order chi connectivity index (χ1) is 19.8. The topological polar surface area (TPSA) is 143 Å². The number of H-pyrrole nitrogens is 1. The van der Waals surface area contributed by atoms with Gasteiger partial charge in [-0.05, 0) is 48.7 Å². The predicted molar refractivity (Wildman–Crippen MR) is 153 cm³/mol. The fourth-order valence-corrected chi connectivity index (χ4v) is 4.56. The Bertz CT molecular complexity index is 1700. The Kier molecular flexibility index (Phi) is 8.11. The number of carbonyl (C=O) groups excluding carboxylic acids is 2. The van der Waals surface area contributed by atoms with Crippen LogP contribution in [0.5, 0.6) is 0 Å². The monoisotopic (exact) mass is 577 g/mol. The van der Waals surface area contributed by atoms with Crippen LogP contribution in [-0.2, 0) is 9.53 Å². The van der Waals surface area contributed by atoms with Gasteiger partial charge in [0.05, 0.1) is 30.1 Å². The van der Waals surface area contributed by atoms with Gasteiger partial charge in [0.1, 0.15) is 5.69 Å². The number of hydrogen-bond donors (Lipinski definition) is 4. The molecule has 3 heterocycles. The highest BCUT2D eigenvalue weighted by Crippen LogP contribution is 2.33. The smallest absolute Gasteiger partial charge is 0.411 e. The van der Waals surface area contributed by atoms with E-state index in [0.29, 0.717) is 46.9 Å². The van der Waals surface area contributed by atoms with E-state index in [2.05, 4.69) is 36.0 Å². The van der Waals surface area contributed by atoms with Gasteiger partial charge in [0.25, 0.3) is 0 Å². The van der Waals surface area contributed by atoms with Gasteiger partial charge in [-0.2, -0.15) is 0 Å². The van der Waals surface area contributed by atoms with Crippen LogP contribution in [-0.4, -0.2) is 39.1 Å². The summed E-state index contributed by atoms with van der Waals surface area (Å²) in [6, 6.07) is 12.3. The van der Waals surface area contributed by atoms with Gasteiger partial charge in [0, 0.05) is 29.4 Å². The second kappa shape index (κ2) is 12.0. The van der Waals surface area contributed by atoms with Gasteiger partial charge in [0.15, 0.2) is 11.6 Å². The molecule has 41 heavy (non-hydrogen) atoms. The van der Waals surface area contributed by atoms with Crippen molar-refractivity contribution in [3.05, 3.63) is 93.8 Å². The van der Waals surface area contributed by atoms with Gasteiger partial charge in [0.2, 0.25) is 11.5 Å². The number of benzene rings is 2. The lowest BCUT2D eigenvalue weighted by atomic mass is 10.00. The molecule has 0 radical (unpaired) electrons. The van der Waals surface area contributed by atoms with Crippen LogP contribution in [0, 0.1) is 5.82 Å². The van der Waals surface area contributed by atoms with Gasteiger partial charge >= 0.3 is 6.09 Å². The number of fused-ring (bicyclic) bond motifs is 4. The minimum atomic E-state index is -0.659. The third-order valence-corrected chi connectivity index (χ3v) is 6.64. The normalized spacial score (nSPS) is 15.8. The van der Waals surface area contributed by atoms with E-state index in [1.807, 2.05) is 12.2 Å². The molecule has 4 N–H and O–H groups in total. The molecule has 0 saturated heterocycles. The lowest BCUT2D eigenvalue weighted by molar-refractivity contribution is -0.116. The molecule has 0 saturated carbocycles. The maximum absolute atomic E-state index is 14.5. The second-order valence-electron chi connectivity index (χ2n) is 9.18. The first kappa shape index (κ1) is 27.6. The van der Waals surface area contributed by atoms with Crippen LogP contribution in [0.3, 0.4) is 0 Å². The molecule has 210 valence electrons. The number of nitrogens with one attached hydrogen (secondary N) is 4. The fourth-order valence-electron chi connectivity index (χ4n) is 4.39. The molecule has 1 aliphatic rings. The number of hydrogen-bond acceptors (Lipinski definition) is 7. The summed E-state index contributed by atoms with van der Waals surface area (Å²) in [5, 5.41) is 16.8. The summed E-state index contributed by atoms with van der Waals surface area (Å²) in [7, 11) is 1.25. The van der Waals surface area contributed by atoms with Crippen LogP contribution in [0.15, 0.2) is 71.7 Å². The van der Waals surface area contributed by atoms with Crippen molar-refractivity contribution in [1.29, 1.82) is 0 Å². The van der Waals surface area contributed by atoms with Crippen molar-refractivity contribution in [2.24, 2.45) is 0 Å². The zero-order valence-corrected chi connectivity index (χ0v) is 22.5. The Morgan fingerprint density at radius 3 is 2.85 bits per heavy atom. The van der Waals surface area contributed by atoms with Crippen molar-refractivity contribution in [3.63, 3.8) is 0 Å². The number of aromatic nitrogens is 4. The standard InChI is InChI=1S/C28H25ClFN7O4/c1-41-28(40)31-17-10-11-18-16-12-22(34-26(39)13-16)20(7-3-2-4-9-25(38)33-21(18)14-17)32-24-15-37(36-35-24)23-8-5-6-19(29)27(23)30/h2-3,5-6,8,10-15,20,32H,4,7,9H2,1H3,(H,31,40)(H,33,38)(H,34,39)/b3-2+/t20-/m0/s1. The van der Waals surface area contributed by atoms with E-state index < -0.39 is 18.0 Å². The highest BCUT2D eigenvalue weighted by Gasteiger charge is 2.19. The van der Waals surface area contributed by atoms with Crippen LogP contribution in [0.1, 0.15) is 31.0 Å². The summed E-state index contributed by atoms with van der Waals surface area (Å²) in [6.07, 6.45) is 5.78. The molecule has 13 heteroatoms. The molecular formula is C28H25ClFN7O4. The van der Waals surface area contributed by atoms with E-state index in [9.17, 15) is 18.8 Å². The van der Waals surface area contributed by atoms with E-state index in [-0.39, 0.29) is 28.6 Å². The number of ether oxygens (including phenoxy) is 1. The van der Waals surface area contributed by atoms with Crippen LogP contribution >= 0.6 is 11.6 Å². The highest BCUT2D eigenvalue weighted by atomic mass is 35.5. The number of allylic oxidation sites excluding steroid dienone is 1. The Labute approximate surface area is 238 Å². The summed E-state index contributed by atoms with van der Waals surface area (Å²) in [5.41, 5.74) is 2.27. The molecule has 0 fully saturated rings. The number of nitrogens with zero attached hydrogens (tertiary/aromatic N) is 3. The molecule has 2 amide bonds. The Balaban J connectivity index is 1.52. The SMILES string of the molecule is COC(=O)Nc1ccc2c(c1)NC(=O)CC/C=C/C[C@H](Nc1cn(-c3cccc(Cl)c3F)nn1)c1cc-2cc(=O)[nH]1. The Morgan fingerprint density at radius 2 is 2.02 bits per heavy atom. The minimum Gasteiger partial charge on any atom is -0.453 e. The number of aromatic amines is 1. The van der Waals surface area contributed by atoms with Crippen LogP contribution in [0.2, 0.25) is 5.02 Å². The van der Waals surface area contributed by atoms with E-state index in [4.69, 9.17) is 11.6 Å². The van der Waals surface area contributed by atoms with Gasteiger partial charge in [-0.25, -0.2) is 13.9 Å². The molecule has 2 aromatic heterocycles. The molecule has 4 aromatic rings. The largest absolute Gasteiger partial charge is 0.453 e. The molecular weight excluding hydrogens is 553 g/mol. The maximum Gasteiger partial charge on any atom is 0.411 e. The summed E-state index contributed by atoms with van der Waals surface area (Å²) >= 11 is 5.92. The zero-order valence-electron chi connectivity index (χ0n) is 21.8. The summed E-state index contributed by atoms with van der Waals surface area (Å²) in [5.74, 6) is -0.511. The van der Waals surface area contributed by atoms with E-state index in [1.54, 1.807) is 30.3 Å². The lowest BCUT2D eigenvalue weighted by Gasteiger charge is -2.18. The lowest BCUT2D eigenvalue weighted by Crippen LogP contribution is -2.17. The molecule has 5 rings (SSSR count). The van der Waals surface area contributed by atoms with Crippen LogP contribution in [0.25, 0.3) is 16.8 Å². The predicted octanol–water partition coefficient (Wildman–Crippen LogP) is 5.43. The van der Waals surface area contributed by atoms with Gasteiger partial charge < -0.3 is 20.4 Å². The molecule has 1 atom stereocenters.